The fourth-order valence-corrected chi connectivity index (χ4v) is 4.72. The Bertz CT molecular complexity index is 817. The monoisotopic (exact) mass is 384 g/mol. The zero-order valence-electron chi connectivity index (χ0n) is 17.2. The van der Waals surface area contributed by atoms with E-state index in [4.69, 9.17) is 4.74 Å². The van der Waals surface area contributed by atoms with Crippen molar-refractivity contribution in [3.05, 3.63) is 30.0 Å². The lowest BCUT2D eigenvalue weighted by Crippen LogP contribution is -2.60. The van der Waals surface area contributed by atoms with Gasteiger partial charge in [-0.2, -0.15) is 5.10 Å². The second-order valence-corrected chi connectivity index (χ2v) is 8.48. The maximum atomic E-state index is 13.1. The Balaban J connectivity index is 1.50. The number of hydrogen-bond acceptors (Lipinski definition) is 4. The Labute approximate surface area is 167 Å². The van der Waals surface area contributed by atoms with Crippen molar-refractivity contribution in [1.82, 2.24) is 20.0 Å². The highest BCUT2D eigenvalue weighted by molar-refractivity contribution is 6.05. The Morgan fingerprint density at radius 3 is 2.64 bits per heavy atom. The molecular weight excluding hydrogens is 352 g/mol. The number of ether oxygens (including phenoxy) is 1. The number of nitrogens with one attached hydrogen (secondary N) is 1. The van der Waals surface area contributed by atoms with E-state index in [1.807, 2.05) is 28.9 Å². The lowest BCUT2D eigenvalue weighted by Gasteiger charge is -2.48. The molecule has 1 aromatic carbocycles. The first-order valence-electron chi connectivity index (χ1n) is 10.7. The van der Waals surface area contributed by atoms with Gasteiger partial charge in [0.2, 0.25) is 0 Å². The van der Waals surface area contributed by atoms with Crippen LogP contribution in [0.1, 0.15) is 63.0 Å². The summed E-state index contributed by atoms with van der Waals surface area (Å²) in [4.78, 5) is 15.7. The number of carbonyl (C=O) groups excluding carboxylic acids is 1. The standard InChI is InChI=1S/C22H32N4O2/c1-4-5-10-25-17-11-16(12-18(25)14-28-13-17)23-22(27)21-19-8-6-7-9-20(19)26(24-21)15(2)3/h6-9,15-18H,4-5,10-14H2,1-3H3,(H,23,27)/t16?,17-,18+. The van der Waals surface area contributed by atoms with Crippen LogP contribution in [0.25, 0.3) is 10.9 Å². The van der Waals surface area contributed by atoms with Gasteiger partial charge in [0.05, 0.1) is 18.7 Å². The number of unbranched alkanes of at least 4 members (excludes halogenated alkanes) is 1. The molecule has 3 atom stereocenters. The average molecular weight is 385 g/mol. The number of rotatable bonds is 6. The zero-order chi connectivity index (χ0) is 19.7. The third kappa shape index (κ3) is 3.67. The van der Waals surface area contributed by atoms with Crippen LogP contribution in [0.15, 0.2) is 24.3 Å². The normalized spacial score (nSPS) is 25.4. The Morgan fingerprint density at radius 2 is 1.96 bits per heavy atom. The van der Waals surface area contributed by atoms with E-state index in [0.29, 0.717) is 17.8 Å². The molecule has 6 heteroatoms. The van der Waals surface area contributed by atoms with Gasteiger partial charge in [-0.15, -0.1) is 0 Å². The molecule has 2 saturated heterocycles. The van der Waals surface area contributed by atoms with Gasteiger partial charge in [0.15, 0.2) is 5.69 Å². The first kappa shape index (κ1) is 19.4. The van der Waals surface area contributed by atoms with Crippen molar-refractivity contribution in [2.24, 2.45) is 0 Å². The van der Waals surface area contributed by atoms with Gasteiger partial charge in [0.25, 0.3) is 5.91 Å². The van der Waals surface area contributed by atoms with Crippen molar-refractivity contribution < 1.29 is 9.53 Å². The Morgan fingerprint density at radius 1 is 1.25 bits per heavy atom. The largest absolute Gasteiger partial charge is 0.378 e. The van der Waals surface area contributed by atoms with Crippen LogP contribution in [0.4, 0.5) is 0 Å². The summed E-state index contributed by atoms with van der Waals surface area (Å²) in [6, 6.07) is 9.22. The average Bonchev–Trinajstić information content (AvgIpc) is 3.06. The van der Waals surface area contributed by atoms with Crippen molar-refractivity contribution in [2.75, 3.05) is 19.8 Å². The number of benzene rings is 1. The SMILES string of the molecule is CCCCN1[C@@H]2COC[C@H]1CC(NC(=O)c1nn(C(C)C)c3ccccc13)C2. The van der Waals surface area contributed by atoms with Crippen LogP contribution in [0.2, 0.25) is 0 Å². The number of carbonyl (C=O) groups is 1. The van der Waals surface area contributed by atoms with E-state index in [1.54, 1.807) is 0 Å². The number of fused-ring (bicyclic) bond motifs is 3. The third-order valence-corrected chi connectivity index (χ3v) is 6.09. The molecule has 2 aliphatic heterocycles. The number of piperidine rings is 1. The molecule has 6 nitrogen and oxygen atoms in total. The maximum absolute atomic E-state index is 13.1. The minimum absolute atomic E-state index is 0.0541. The van der Waals surface area contributed by atoms with Gasteiger partial charge in [-0.3, -0.25) is 14.4 Å². The molecule has 2 bridgehead atoms. The molecule has 1 amide bonds. The summed E-state index contributed by atoms with van der Waals surface area (Å²) in [5.74, 6) is -0.0541. The molecule has 1 N–H and O–H groups in total. The van der Waals surface area contributed by atoms with E-state index >= 15 is 0 Å². The summed E-state index contributed by atoms with van der Waals surface area (Å²) in [6.45, 7) is 9.11. The van der Waals surface area contributed by atoms with Gasteiger partial charge in [-0.05, 0) is 45.7 Å². The van der Waals surface area contributed by atoms with Crippen LogP contribution in [0.3, 0.4) is 0 Å². The number of amides is 1. The molecule has 1 unspecified atom stereocenters. The van der Waals surface area contributed by atoms with Crippen LogP contribution >= 0.6 is 0 Å². The maximum Gasteiger partial charge on any atom is 0.272 e. The smallest absolute Gasteiger partial charge is 0.272 e. The van der Waals surface area contributed by atoms with E-state index in [-0.39, 0.29) is 18.0 Å². The van der Waals surface area contributed by atoms with E-state index in [2.05, 4.69) is 36.1 Å². The number of para-hydroxylation sites is 1. The van der Waals surface area contributed by atoms with Crippen LogP contribution < -0.4 is 5.32 Å². The number of aromatic nitrogens is 2. The lowest BCUT2D eigenvalue weighted by molar-refractivity contribution is -0.0802. The van der Waals surface area contributed by atoms with Gasteiger partial charge in [0, 0.05) is 29.6 Å². The highest BCUT2D eigenvalue weighted by Gasteiger charge is 2.39. The molecule has 2 fully saturated rings. The van der Waals surface area contributed by atoms with E-state index in [1.165, 1.54) is 12.8 Å². The van der Waals surface area contributed by atoms with Crippen molar-refractivity contribution in [1.29, 1.82) is 0 Å². The molecule has 152 valence electrons. The van der Waals surface area contributed by atoms with Crippen LogP contribution in [-0.2, 0) is 4.74 Å². The van der Waals surface area contributed by atoms with Crippen LogP contribution in [0.5, 0.6) is 0 Å². The molecule has 2 aliphatic rings. The van der Waals surface area contributed by atoms with Crippen LogP contribution in [-0.4, -0.2) is 58.5 Å². The van der Waals surface area contributed by atoms with Crippen molar-refractivity contribution in [3.63, 3.8) is 0 Å². The molecular formula is C22H32N4O2. The van der Waals surface area contributed by atoms with Gasteiger partial charge in [-0.25, -0.2) is 0 Å². The van der Waals surface area contributed by atoms with Crippen molar-refractivity contribution in [2.45, 2.75) is 70.6 Å². The first-order chi connectivity index (χ1) is 13.6. The van der Waals surface area contributed by atoms with Crippen molar-refractivity contribution in [3.8, 4) is 0 Å². The fourth-order valence-electron chi connectivity index (χ4n) is 4.72. The molecule has 28 heavy (non-hydrogen) atoms. The summed E-state index contributed by atoms with van der Waals surface area (Å²) in [7, 11) is 0. The summed E-state index contributed by atoms with van der Waals surface area (Å²) >= 11 is 0. The van der Waals surface area contributed by atoms with Gasteiger partial charge in [-0.1, -0.05) is 31.5 Å². The molecule has 0 aliphatic carbocycles. The molecule has 0 radical (unpaired) electrons. The van der Waals surface area contributed by atoms with Gasteiger partial charge < -0.3 is 10.1 Å². The second-order valence-electron chi connectivity index (χ2n) is 8.48. The van der Waals surface area contributed by atoms with Crippen molar-refractivity contribution >= 4 is 16.8 Å². The second kappa shape index (κ2) is 8.21. The number of nitrogens with zero attached hydrogens (tertiary/aromatic N) is 3. The lowest BCUT2D eigenvalue weighted by atomic mass is 9.89. The minimum atomic E-state index is -0.0541. The first-order valence-corrected chi connectivity index (χ1v) is 10.7. The molecule has 1 aromatic heterocycles. The van der Waals surface area contributed by atoms with E-state index < -0.39 is 0 Å². The summed E-state index contributed by atoms with van der Waals surface area (Å²) < 4.78 is 7.75. The molecule has 4 rings (SSSR count). The summed E-state index contributed by atoms with van der Waals surface area (Å²) in [5, 5.41) is 8.87. The fraction of sp³-hybridized carbons (Fsp3) is 0.636. The van der Waals surface area contributed by atoms with Gasteiger partial charge in [0.1, 0.15) is 0 Å². The molecule has 2 aromatic rings. The van der Waals surface area contributed by atoms with Crippen LogP contribution in [0, 0.1) is 0 Å². The topological polar surface area (TPSA) is 59.4 Å². The number of hydrogen-bond donors (Lipinski definition) is 1. The zero-order valence-corrected chi connectivity index (χ0v) is 17.2. The Kier molecular flexibility index (Phi) is 5.69. The molecule has 3 heterocycles. The molecule has 0 saturated carbocycles. The summed E-state index contributed by atoms with van der Waals surface area (Å²) in [6.07, 6.45) is 4.34. The predicted octanol–water partition coefficient (Wildman–Crippen LogP) is 3.38. The third-order valence-electron chi connectivity index (χ3n) is 6.09. The van der Waals surface area contributed by atoms with E-state index in [9.17, 15) is 4.79 Å². The highest BCUT2D eigenvalue weighted by Crippen LogP contribution is 2.29. The minimum Gasteiger partial charge on any atom is -0.378 e. The highest BCUT2D eigenvalue weighted by atomic mass is 16.5. The van der Waals surface area contributed by atoms with Gasteiger partial charge >= 0.3 is 0 Å². The Hall–Kier alpha value is -1.92. The van der Waals surface area contributed by atoms with E-state index in [0.717, 1.165) is 43.5 Å². The number of morpholine rings is 1. The summed E-state index contributed by atoms with van der Waals surface area (Å²) in [5.41, 5.74) is 1.56. The molecule has 0 spiro atoms. The quantitative estimate of drug-likeness (QED) is 0.829. The predicted molar refractivity (Wildman–Crippen MR) is 111 cm³/mol.